The van der Waals surface area contributed by atoms with E-state index >= 15 is 0 Å². The number of nitrogens with zero attached hydrogens (tertiary/aromatic N) is 2. The molecule has 7 heteroatoms. The highest BCUT2D eigenvalue weighted by atomic mass is 35.5. The van der Waals surface area contributed by atoms with E-state index in [1.54, 1.807) is 37.4 Å². The highest BCUT2D eigenvalue weighted by Crippen LogP contribution is 2.23. The fourth-order valence-electron chi connectivity index (χ4n) is 2.25. The highest BCUT2D eigenvalue weighted by Gasteiger charge is 2.09. The summed E-state index contributed by atoms with van der Waals surface area (Å²) in [7, 11) is 1.58. The van der Waals surface area contributed by atoms with E-state index in [1.165, 1.54) is 18.3 Å². The van der Waals surface area contributed by atoms with Gasteiger partial charge >= 0.3 is 0 Å². The molecule has 0 unspecified atom stereocenters. The van der Waals surface area contributed by atoms with E-state index in [0.29, 0.717) is 11.3 Å². The van der Waals surface area contributed by atoms with Crippen LogP contribution in [0.4, 0.5) is 0 Å². The van der Waals surface area contributed by atoms with Crippen LogP contribution in [0, 0.1) is 0 Å². The van der Waals surface area contributed by atoms with E-state index in [0.717, 1.165) is 10.9 Å². The lowest BCUT2D eigenvalue weighted by Crippen LogP contribution is -2.17. The molecule has 0 atom stereocenters. The number of fused-ring (bicyclic) bond motifs is 1. The summed E-state index contributed by atoms with van der Waals surface area (Å²) in [4.78, 5) is 16.3. The number of phenolic OH excluding ortho intramolecular Hbond substituents is 1. The van der Waals surface area contributed by atoms with Crippen LogP contribution in [0.2, 0.25) is 5.15 Å². The van der Waals surface area contributed by atoms with Crippen molar-refractivity contribution in [1.29, 1.82) is 0 Å². The van der Waals surface area contributed by atoms with Crippen LogP contribution in [0.1, 0.15) is 15.9 Å². The molecule has 1 heterocycles. The second-order valence-corrected chi connectivity index (χ2v) is 5.50. The van der Waals surface area contributed by atoms with E-state index in [9.17, 15) is 9.90 Å². The SMILES string of the molecule is COc1ccc2nc(Cl)c(/C=N\NC(=O)c3ccccc3O)cc2c1. The van der Waals surface area contributed by atoms with Crippen molar-refractivity contribution >= 4 is 34.6 Å². The van der Waals surface area contributed by atoms with Gasteiger partial charge in [0, 0.05) is 10.9 Å². The maximum absolute atomic E-state index is 12.0. The molecule has 1 amide bonds. The van der Waals surface area contributed by atoms with Gasteiger partial charge in [0.05, 0.1) is 24.4 Å². The van der Waals surface area contributed by atoms with Gasteiger partial charge in [-0.1, -0.05) is 23.7 Å². The first kappa shape index (κ1) is 16.7. The second kappa shape index (κ2) is 7.19. The largest absolute Gasteiger partial charge is 0.507 e. The third kappa shape index (κ3) is 3.70. The Morgan fingerprint density at radius 3 is 2.84 bits per heavy atom. The number of ether oxygens (including phenoxy) is 1. The Labute approximate surface area is 148 Å². The summed E-state index contributed by atoms with van der Waals surface area (Å²) in [6.45, 7) is 0. The number of para-hydroxylation sites is 1. The summed E-state index contributed by atoms with van der Waals surface area (Å²) in [5, 5.41) is 14.6. The van der Waals surface area contributed by atoms with Crippen molar-refractivity contribution in [2.45, 2.75) is 0 Å². The minimum Gasteiger partial charge on any atom is -0.507 e. The van der Waals surface area contributed by atoms with Crippen molar-refractivity contribution in [1.82, 2.24) is 10.4 Å². The second-order valence-electron chi connectivity index (χ2n) is 5.14. The number of methoxy groups -OCH3 is 1. The molecule has 3 rings (SSSR count). The van der Waals surface area contributed by atoms with E-state index in [2.05, 4.69) is 15.5 Å². The van der Waals surface area contributed by atoms with Crippen LogP contribution in [0.25, 0.3) is 10.9 Å². The summed E-state index contributed by atoms with van der Waals surface area (Å²) in [6, 6.07) is 13.4. The maximum Gasteiger partial charge on any atom is 0.275 e. The molecular weight excluding hydrogens is 342 g/mol. The van der Waals surface area contributed by atoms with Crippen LogP contribution in [0.3, 0.4) is 0 Å². The molecule has 1 aromatic heterocycles. The van der Waals surface area contributed by atoms with Gasteiger partial charge in [-0.15, -0.1) is 0 Å². The molecule has 0 fully saturated rings. The minimum absolute atomic E-state index is 0.118. The molecular formula is C18H14ClN3O3. The molecule has 2 N–H and O–H groups in total. The van der Waals surface area contributed by atoms with E-state index in [-0.39, 0.29) is 16.5 Å². The van der Waals surface area contributed by atoms with Crippen molar-refractivity contribution in [2.24, 2.45) is 5.10 Å². The molecule has 25 heavy (non-hydrogen) atoms. The number of rotatable bonds is 4. The lowest BCUT2D eigenvalue weighted by Gasteiger charge is -2.05. The topological polar surface area (TPSA) is 83.8 Å². The van der Waals surface area contributed by atoms with Gasteiger partial charge in [0.2, 0.25) is 0 Å². The Bertz CT molecular complexity index is 973. The van der Waals surface area contributed by atoms with Crippen molar-refractivity contribution in [2.75, 3.05) is 7.11 Å². The fraction of sp³-hybridized carbons (Fsp3) is 0.0556. The molecule has 0 aliphatic heterocycles. The number of halogens is 1. The summed E-state index contributed by atoms with van der Waals surface area (Å²) < 4.78 is 5.19. The summed E-state index contributed by atoms with van der Waals surface area (Å²) in [5.41, 5.74) is 3.74. The number of hydrogen-bond acceptors (Lipinski definition) is 5. The number of amides is 1. The summed E-state index contributed by atoms with van der Waals surface area (Å²) in [5.74, 6) is 0.0564. The van der Waals surface area contributed by atoms with Crippen LogP contribution in [0.5, 0.6) is 11.5 Å². The first-order chi connectivity index (χ1) is 12.1. The Morgan fingerprint density at radius 2 is 2.08 bits per heavy atom. The summed E-state index contributed by atoms with van der Waals surface area (Å²) in [6.07, 6.45) is 1.39. The van der Waals surface area contributed by atoms with Crippen LogP contribution >= 0.6 is 11.6 Å². The van der Waals surface area contributed by atoms with Gasteiger partial charge in [-0.05, 0) is 36.4 Å². The normalized spacial score (nSPS) is 11.0. The number of carbonyl (C=O) groups excluding carboxylic acids is 1. The van der Waals surface area contributed by atoms with Gasteiger partial charge in [0.15, 0.2) is 0 Å². The van der Waals surface area contributed by atoms with Crippen LogP contribution in [0.15, 0.2) is 53.6 Å². The monoisotopic (exact) mass is 355 g/mol. The van der Waals surface area contributed by atoms with E-state index in [4.69, 9.17) is 16.3 Å². The number of benzene rings is 2. The maximum atomic E-state index is 12.0. The Morgan fingerprint density at radius 1 is 1.28 bits per heavy atom. The lowest BCUT2D eigenvalue weighted by molar-refractivity contribution is 0.0952. The number of nitrogens with one attached hydrogen (secondary N) is 1. The number of carbonyl (C=O) groups is 1. The molecule has 2 aromatic carbocycles. The first-order valence-electron chi connectivity index (χ1n) is 7.34. The Hall–Kier alpha value is -3.12. The van der Waals surface area contributed by atoms with Crippen molar-refractivity contribution < 1.29 is 14.6 Å². The van der Waals surface area contributed by atoms with Crippen molar-refractivity contribution in [3.05, 3.63) is 64.8 Å². The van der Waals surface area contributed by atoms with Gasteiger partial charge in [-0.2, -0.15) is 5.10 Å². The molecule has 6 nitrogen and oxygen atoms in total. The van der Waals surface area contributed by atoms with Gasteiger partial charge in [0.1, 0.15) is 16.7 Å². The highest BCUT2D eigenvalue weighted by molar-refractivity contribution is 6.32. The quantitative estimate of drug-likeness (QED) is 0.427. The molecule has 3 aromatic rings. The van der Waals surface area contributed by atoms with Gasteiger partial charge in [-0.3, -0.25) is 4.79 Å². The first-order valence-corrected chi connectivity index (χ1v) is 7.72. The number of phenols is 1. The fourth-order valence-corrected chi connectivity index (χ4v) is 2.45. The number of aromatic hydroxyl groups is 1. The third-order valence-electron chi connectivity index (χ3n) is 3.52. The number of aromatic nitrogens is 1. The van der Waals surface area contributed by atoms with Gasteiger partial charge in [-0.25, -0.2) is 10.4 Å². The lowest BCUT2D eigenvalue weighted by atomic mass is 10.1. The number of hydrazone groups is 1. The van der Waals surface area contributed by atoms with Gasteiger partial charge in [0.25, 0.3) is 5.91 Å². The molecule has 126 valence electrons. The zero-order chi connectivity index (χ0) is 17.8. The van der Waals surface area contributed by atoms with Crippen LogP contribution in [-0.4, -0.2) is 29.3 Å². The zero-order valence-corrected chi connectivity index (χ0v) is 14.0. The van der Waals surface area contributed by atoms with Crippen molar-refractivity contribution in [3.63, 3.8) is 0 Å². The van der Waals surface area contributed by atoms with Crippen LogP contribution in [-0.2, 0) is 0 Å². The van der Waals surface area contributed by atoms with Gasteiger partial charge < -0.3 is 9.84 Å². The molecule has 0 saturated heterocycles. The zero-order valence-electron chi connectivity index (χ0n) is 13.2. The molecule has 0 saturated carbocycles. The number of hydrogen-bond donors (Lipinski definition) is 2. The molecule has 0 bridgehead atoms. The molecule has 0 spiro atoms. The smallest absolute Gasteiger partial charge is 0.275 e. The van der Waals surface area contributed by atoms with E-state index < -0.39 is 5.91 Å². The van der Waals surface area contributed by atoms with Crippen LogP contribution < -0.4 is 10.2 Å². The average Bonchev–Trinajstić information content (AvgIpc) is 2.62. The minimum atomic E-state index is -0.527. The predicted octanol–water partition coefficient (Wildman–Crippen LogP) is 3.37. The summed E-state index contributed by atoms with van der Waals surface area (Å²) >= 11 is 6.15. The Balaban J connectivity index is 1.82. The molecule has 0 aliphatic rings. The molecule has 0 radical (unpaired) electrons. The standard InChI is InChI=1S/C18H14ClN3O3/c1-25-13-6-7-15-11(9-13)8-12(17(19)21-15)10-20-22-18(24)14-4-2-3-5-16(14)23/h2-10,23H,1H3,(H,22,24)/b20-10-. The predicted molar refractivity (Wildman–Crippen MR) is 96.5 cm³/mol. The van der Waals surface area contributed by atoms with E-state index in [1.807, 2.05) is 6.07 Å². The average molecular weight is 356 g/mol. The third-order valence-corrected chi connectivity index (χ3v) is 3.82. The number of pyridine rings is 1. The van der Waals surface area contributed by atoms with Crippen molar-refractivity contribution in [3.8, 4) is 11.5 Å². The Kier molecular flexibility index (Phi) is 4.81. The molecule has 0 aliphatic carbocycles.